The average molecular weight is 366 g/mol. The van der Waals surface area contributed by atoms with Crippen molar-refractivity contribution in [1.29, 1.82) is 0 Å². The quantitative estimate of drug-likeness (QED) is 0.845. The lowest BCUT2D eigenvalue weighted by Crippen LogP contribution is -2.63. The third-order valence-electron chi connectivity index (χ3n) is 4.34. The molecular weight excluding hydrogens is 349 g/mol. The van der Waals surface area contributed by atoms with Crippen molar-refractivity contribution >= 4 is 11.6 Å². The van der Waals surface area contributed by atoms with Crippen LogP contribution in [-0.2, 0) is 11.0 Å². The number of ether oxygens (including phenoxy) is 2. The molecule has 2 atom stereocenters. The summed E-state index contributed by atoms with van der Waals surface area (Å²) in [5.74, 6) is 0.505. The lowest BCUT2D eigenvalue weighted by molar-refractivity contribution is -0.137. The van der Waals surface area contributed by atoms with Crippen LogP contribution in [0.4, 0.5) is 18.9 Å². The molecule has 1 saturated heterocycles. The van der Waals surface area contributed by atoms with Gasteiger partial charge < -0.3 is 20.1 Å². The van der Waals surface area contributed by atoms with E-state index in [2.05, 4.69) is 0 Å². The molecule has 2 N–H and O–H groups in total. The van der Waals surface area contributed by atoms with Crippen molar-refractivity contribution in [3.05, 3.63) is 53.6 Å². The summed E-state index contributed by atoms with van der Waals surface area (Å²) in [6.07, 6.45) is -4.50. The zero-order valence-corrected chi connectivity index (χ0v) is 14.1. The molecule has 0 aliphatic carbocycles. The lowest BCUT2D eigenvalue weighted by atomic mass is 9.88. The minimum atomic E-state index is -4.50. The molecular formula is C18H17F3N2O3. The van der Waals surface area contributed by atoms with Gasteiger partial charge in [0, 0.05) is 5.69 Å². The van der Waals surface area contributed by atoms with Gasteiger partial charge in [-0.15, -0.1) is 0 Å². The van der Waals surface area contributed by atoms with Gasteiger partial charge in [0.1, 0.15) is 6.04 Å². The van der Waals surface area contributed by atoms with Crippen LogP contribution < -0.4 is 20.1 Å². The molecule has 3 rings (SSSR count). The third kappa shape index (κ3) is 2.96. The van der Waals surface area contributed by atoms with Gasteiger partial charge >= 0.3 is 6.18 Å². The SMILES string of the molecule is COc1ccc(C2C(N)C(=O)N2c2cccc(C(F)(F)F)c2)cc1OC. The Hall–Kier alpha value is -2.74. The number of anilines is 1. The number of hydrogen-bond acceptors (Lipinski definition) is 4. The number of hydrogen-bond donors (Lipinski definition) is 1. The van der Waals surface area contributed by atoms with Gasteiger partial charge in [0.05, 0.1) is 25.8 Å². The maximum Gasteiger partial charge on any atom is 0.416 e. The van der Waals surface area contributed by atoms with Crippen LogP contribution in [0.15, 0.2) is 42.5 Å². The third-order valence-corrected chi connectivity index (χ3v) is 4.34. The smallest absolute Gasteiger partial charge is 0.416 e. The molecule has 5 nitrogen and oxygen atoms in total. The number of nitrogens with zero attached hydrogens (tertiary/aromatic N) is 1. The largest absolute Gasteiger partial charge is 0.493 e. The highest BCUT2D eigenvalue weighted by Gasteiger charge is 2.47. The Balaban J connectivity index is 1.99. The van der Waals surface area contributed by atoms with E-state index in [1.807, 2.05) is 0 Å². The summed E-state index contributed by atoms with van der Waals surface area (Å²) in [6, 6.07) is 8.21. The molecule has 2 aromatic carbocycles. The van der Waals surface area contributed by atoms with E-state index in [0.717, 1.165) is 12.1 Å². The van der Waals surface area contributed by atoms with E-state index in [9.17, 15) is 18.0 Å². The van der Waals surface area contributed by atoms with Crippen LogP contribution in [0.2, 0.25) is 0 Å². The Bertz CT molecular complexity index is 839. The van der Waals surface area contributed by atoms with Crippen LogP contribution in [-0.4, -0.2) is 26.2 Å². The molecule has 2 aromatic rings. The molecule has 138 valence electrons. The maximum atomic E-state index is 13.0. The Morgan fingerprint density at radius 1 is 1.04 bits per heavy atom. The van der Waals surface area contributed by atoms with Crippen molar-refractivity contribution < 1.29 is 27.4 Å². The Kier molecular flexibility index (Phi) is 4.53. The van der Waals surface area contributed by atoms with E-state index in [0.29, 0.717) is 17.1 Å². The minimum Gasteiger partial charge on any atom is -0.493 e. The monoisotopic (exact) mass is 366 g/mol. The van der Waals surface area contributed by atoms with Crippen LogP contribution in [0.25, 0.3) is 0 Å². The molecule has 26 heavy (non-hydrogen) atoms. The van der Waals surface area contributed by atoms with Crippen LogP contribution >= 0.6 is 0 Å². The number of rotatable bonds is 4. The Morgan fingerprint density at radius 2 is 1.73 bits per heavy atom. The van der Waals surface area contributed by atoms with Gasteiger partial charge in [0.15, 0.2) is 11.5 Å². The molecule has 0 radical (unpaired) electrons. The number of β-lactam (4-membered cyclic amide) rings is 1. The summed E-state index contributed by atoms with van der Waals surface area (Å²) in [4.78, 5) is 13.5. The second kappa shape index (κ2) is 6.53. The highest BCUT2D eigenvalue weighted by atomic mass is 19.4. The van der Waals surface area contributed by atoms with E-state index < -0.39 is 29.7 Å². The highest BCUT2D eigenvalue weighted by Crippen LogP contribution is 2.42. The normalized spacial score (nSPS) is 19.9. The van der Waals surface area contributed by atoms with Crippen LogP contribution in [0.5, 0.6) is 11.5 Å². The van der Waals surface area contributed by atoms with Gasteiger partial charge in [-0.25, -0.2) is 0 Å². The van der Waals surface area contributed by atoms with Gasteiger partial charge in [0.2, 0.25) is 5.91 Å². The van der Waals surface area contributed by atoms with E-state index in [1.54, 1.807) is 18.2 Å². The zero-order valence-electron chi connectivity index (χ0n) is 14.1. The number of benzene rings is 2. The average Bonchev–Trinajstić information content (AvgIpc) is 2.64. The number of alkyl halides is 3. The number of carbonyl (C=O) groups excluding carboxylic acids is 1. The van der Waals surface area contributed by atoms with Crippen LogP contribution in [0.3, 0.4) is 0 Å². The second-order valence-corrected chi connectivity index (χ2v) is 5.84. The second-order valence-electron chi connectivity index (χ2n) is 5.84. The number of halogens is 3. The molecule has 0 bridgehead atoms. The highest BCUT2D eigenvalue weighted by molar-refractivity contribution is 6.05. The van der Waals surface area contributed by atoms with Gasteiger partial charge in [-0.05, 0) is 35.9 Å². The molecule has 1 aliphatic heterocycles. The fourth-order valence-electron chi connectivity index (χ4n) is 3.02. The predicted octanol–water partition coefficient (Wildman–Crippen LogP) is 3.14. The first-order valence-corrected chi connectivity index (χ1v) is 7.75. The number of amides is 1. The van der Waals surface area contributed by atoms with Crippen LogP contribution in [0, 0.1) is 0 Å². The molecule has 0 aromatic heterocycles. The number of nitrogens with two attached hydrogens (primary N) is 1. The van der Waals surface area contributed by atoms with E-state index in [1.165, 1.54) is 31.3 Å². The predicted molar refractivity (Wildman–Crippen MR) is 89.2 cm³/mol. The van der Waals surface area contributed by atoms with Crippen molar-refractivity contribution in [3.8, 4) is 11.5 Å². The van der Waals surface area contributed by atoms with Gasteiger partial charge in [-0.1, -0.05) is 12.1 Å². The van der Waals surface area contributed by atoms with Crippen molar-refractivity contribution in [2.24, 2.45) is 5.73 Å². The van der Waals surface area contributed by atoms with Crippen molar-refractivity contribution in [3.63, 3.8) is 0 Å². The molecule has 1 amide bonds. The summed E-state index contributed by atoms with van der Waals surface area (Å²) in [7, 11) is 2.96. The number of methoxy groups -OCH3 is 2. The molecule has 0 spiro atoms. The van der Waals surface area contributed by atoms with E-state index in [-0.39, 0.29) is 5.69 Å². The summed E-state index contributed by atoms with van der Waals surface area (Å²) >= 11 is 0. The molecule has 0 saturated carbocycles. The molecule has 8 heteroatoms. The summed E-state index contributed by atoms with van der Waals surface area (Å²) in [5, 5.41) is 0. The van der Waals surface area contributed by atoms with Gasteiger partial charge in [0.25, 0.3) is 0 Å². The first kappa shape index (κ1) is 18.1. The topological polar surface area (TPSA) is 64.8 Å². The molecule has 1 heterocycles. The maximum absolute atomic E-state index is 13.0. The van der Waals surface area contributed by atoms with Crippen LogP contribution in [0.1, 0.15) is 17.2 Å². The summed E-state index contributed by atoms with van der Waals surface area (Å²) < 4.78 is 49.3. The van der Waals surface area contributed by atoms with Crippen molar-refractivity contribution in [2.45, 2.75) is 18.3 Å². The summed E-state index contributed by atoms with van der Waals surface area (Å²) in [5.41, 5.74) is 5.89. The Labute approximate surface area is 148 Å². The summed E-state index contributed by atoms with van der Waals surface area (Å²) in [6.45, 7) is 0. The fraction of sp³-hybridized carbons (Fsp3) is 0.278. The lowest BCUT2D eigenvalue weighted by Gasteiger charge is -2.45. The van der Waals surface area contributed by atoms with E-state index >= 15 is 0 Å². The standard InChI is InChI=1S/C18H17F3N2O3/c1-25-13-7-6-10(8-14(13)26-2)16-15(22)17(24)23(16)12-5-3-4-11(9-12)18(19,20)21/h3-9,15-16H,22H2,1-2H3. The van der Waals surface area contributed by atoms with Gasteiger partial charge in [-0.3, -0.25) is 4.79 Å². The minimum absolute atomic E-state index is 0.145. The Morgan fingerprint density at radius 3 is 2.35 bits per heavy atom. The molecule has 2 unspecified atom stereocenters. The van der Waals surface area contributed by atoms with Crippen molar-refractivity contribution in [2.75, 3.05) is 19.1 Å². The zero-order chi connectivity index (χ0) is 19.1. The molecule has 1 fully saturated rings. The first-order chi connectivity index (χ1) is 12.3. The van der Waals surface area contributed by atoms with Gasteiger partial charge in [-0.2, -0.15) is 13.2 Å². The first-order valence-electron chi connectivity index (χ1n) is 7.75. The fourth-order valence-corrected chi connectivity index (χ4v) is 3.02. The molecule has 1 aliphatic rings. The number of carbonyl (C=O) groups is 1. The van der Waals surface area contributed by atoms with Crippen molar-refractivity contribution in [1.82, 2.24) is 0 Å². The van der Waals surface area contributed by atoms with E-state index in [4.69, 9.17) is 15.2 Å².